The van der Waals surface area contributed by atoms with Gasteiger partial charge in [0, 0.05) is 6.20 Å². The molecule has 0 saturated carbocycles. The molecule has 17 heavy (non-hydrogen) atoms. The lowest BCUT2D eigenvalue weighted by Gasteiger charge is -2.03. The van der Waals surface area contributed by atoms with E-state index in [-0.39, 0.29) is 5.69 Å². The second-order valence-corrected chi connectivity index (χ2v) is 3.34. The van der Waals surface area contributed by atoms with Gasteiger partial charge in [-0.05, 0) is 18.6 Å². The van der Waals surface area contributed by atoms with Gasteiger partial charge in [0.25, 0.3) is 0 Å². The molecule has 0 aliphatic heterocycles. The summed E-state index contributed by atoms with van der Waals surface area (Å²) in [5.74, 6) is 0.292. The first kappa shape index (κ1) is 10.8. The van der Waals surface area contributed by atoms with Crippen molar-refractivity contribution in [3.05, 3.63) is 45.9 Å². The molecular formula is C10H7N5O2. The van der Waals surface area contributed by atoms with Crippen molar-refractivity contribution < 1.29 is 4.92 Å². The fourth-order valence-corrected chi connectivity index (χ4v) is 1.38. The molecule has 0 aliphatic carbocycles. The van der Waals surface area contributed by atoms with Crippen LogP contribution < -0.4 is 0 Å². The maximum absolute atomic E-state index is 10.5. The number of pyridine rings is 1. The molecule has 2 aromatic rings. The number of aryl methyl sites for hydroxylation is 1. The van der Waals surface area contributed by atoms with E-state index in [0.717, 1.165) is 11.8 Å². The molecule has 0 aliphatic rings. The molecular weight excluding hydrogens is 222 g/mol. The zero-order chi connectivity index (χ0) is 12.4. The summed E-state index contributed by atoms with van der Waals surface area (Å²) in [7, 11) is 0. The summed E-state index contributed by atoms with van der Waals surface area (Å²) < 4.78 is 1.23. The minimum Gasteiger partial charge on any atom is -0.258 e. The first-order valence-electron chi connectivity index (χ1n) is 4.68. The van der Waals surface area contributed by atoms with E-state index in [2.05, 4.69) is 10.1 Å². The average Bonchev–Trinajstić information content (AvgIpc) is 2.77. The van der Waals surface area contributed by atoms with E-state index >= 15 is 0 Å². The van der Waals surface area contributed by atoms with Crippen LogP contribution in [0.2, 0.25) is 0 Å². The number of nitriles is 1. The number of rotatable bonds is 2. The normalized spacial score (nSPS) is 9.88. The predicted molar refractivity (Wildman–Crippen MR) is 57.5 cm³/mol. The third-order valence-electron chi connectivity index (χ3n) is 2.25. The van der Waals surface area contributed by atoms with Gasteiger partial charge in [0.15, 0.2) is 5.82 Å². The quantitative estimate of drug-likeness (QED) is 0.571. The summed E-state index contributed by atoms with van der Waals surface area (Å²) in [6, 6.07) is 3.70. The summed E-state index contributed by atoms with van der Waals surface area (Å²) in [6.07, 6.45) is 3.87. The number of nitrogens with zero attached hydrogens (tertiary/aromatic N) is 5. The van der Waals surface area contributed by atoms with Gasteiger partial charge in [0.1, 0.15) is 18.5 Å². The fourth-order valence-electron chi connectivity index (χ4n) is 1.38. The van der Waals surface area contributed by atoms with E-state index in [0.29, 0.717) is 11.4 Å². The van der Waals surface area contributed by atoms with Gasteiger partial charge >= 0.3 is 5.69 Å². The second kappa shape index (κ2) is 4.02. The van der Waals surface area contributed by atoms with Crippen LogP contribution in [0.3, 0.4) is 0 Å². The summed E-state index contributed by atoms with van der Waals surface area (Å²) in [5, 5.41) is 23.4. The minimum absolute atomic E-state index is 0.141. The molecule has 7 nitrogen and oxygen atoms in total. The van der Waals surface area contributed by atoms with E-state index in [1.807, 2.05) is 6.07 Å². The molecule has 7 heteroatoms. The molecule has 0 unspecified atom stereocenters. The van der Waals surface area contributed by atoms with E-state index in [1.54, 1.807) is 13.0 Å². The molecule has 0 atom stereocenters. The summed E-state index contributed by atoms with van der Waals surface area (Å²) in [4.78, 5) is 14.0. The van der Waals surface area contributed by atoms with E-state index < -0.39 is 4.92 Å². The zero-order valence-electron chi connectivity index (χ0n) is 8.86. The zero-order valence-corrected chi connectivity index (χ0v) is 8.86. The van der Waals surface area contributed by atoms with Crippen molar-refractivity contribution in [2.24, 2.45) is 0 Å². The highest BCUT2D eigenvalue weighted by Gasteiger charge is 2.14. The second-order valence-electron chi connectivity index (χ2n) is 3.34. The summed E-state index contributed by atoms with van der Waals surface area (Å²) in [5.41, 5.74) is 0.957. The number of hydrogen-bond acceptors (Lipinski definition) is 5. The molecule has 0 N–H and O–H groups in total. The molecule has 0 fully saturated rings. The van der Waals surface area contributed by atoms with Gasteiger partial charge in [-0.25, -0.2) is 9.67 Å². The Hall–Kier alpha value is -2.75. The van der Waals surface area contributed by atoms with Crippen LogP contribution in [-0.4, -0.2) is 19.7 Å². The largest absolute Gasteiger partial charge is 0.307 e. The lowest BCUT2D eigenvalue weighted by molar-refractivity contribution is -0.384. The Balaban J connectivity index is 2.57. The Morgan fingerprint density at radius 2 is 2.35 bits per heavy atom. The smallest absolute Gasteiger partial charge is 0.258 e. The van der Waals surface area contributed by atoms with Gasteiger partial charge in [0.05, 0.1) is 10.5 Å². The molecule has 84 valence electrons. The van der Waals surface area contributed by atoms with Crippen molar-refractivity contribution in [2.45, 2.75) is 6.92 Å². The van der Waals surface area contributed by atoms with Crippen molar-refractivity contribution in [1.29, 1.82) is 5.26 Å². The van der Waals surface area contributed by atoms with Crippen molar-refractivity contribution in [3.63, 3.8) is 0 Å². The molecule has 0 radical (unpaired) electrons. The van der Waals surface area contributed by atoms with Crippen molar-refractivity contribution in [1.82, 2.24) is 14.8 Å². The number of aromatic nitrogens is 3. The molecule has 2 heterocycles. The van der Waals surface area contributed by atoms with Crippen LogP contribution in [0.15, 0.2) is 24.7 Å². The van der Waals surface area contributed by atoms with Gasteiger partial charge in [-0.3, -0.25) is 10.1 Å². The van der Waals surface area contributed by atoms with E-state index in [1.165, 1.54) is 17.1 Å². The molecule has 0 amide bonds. The monoisotopic (exact) mass is 229 g/mol. The highest BCUT2D eigenvalue weighted by atomic mass is 16.6. The van der Waals surface area contributed by atoms with Crippen molar-refractivity contribution in [3.8, 4) is 11.9 Å². The van der Waals surface area contributed by atoms with E-state index in [9.17, 15) is 10.1 Å². The van der Waals surface area contributed by atoms with Crippen molar-refractivity contribution in [2.75, 3.05) is 0 Å². The summed E-state index contributed by atoms with van der Waals surface area (Å²) in [6.45, 7) is 1.77. The fraction of sp³-hybridized carbons (Fsp3) is 0.100. The lowest BCUT2D eigenvalue weighted by Crippen LogP contribution is -2.02. The summed E-state index contributed by atoms with van der Waals surface area (Å²) >= 11 is 0. The highest BCUT2D eigenvalue weighted by molar-refractivity contribution is 5.48. The average molecular weight is 229 g/mol. The third kappa shape index (κ3) is 1.83. The van der Waals surface area contributed by atoms with Crippen LogP contribution in [0.1, 0.15) is 11.1 Å². The van der Waals surface area contributed by atoms with Crippen LogP contribution in [0, 0.1) is 28.4 Å². The Kier molecular flexibility index (Phi) is 2.54. The molecule has 0 aromatic carbocycles. The van der Waals surface area contributed by atoms with Crippen LogP contribution in [0.25, 0.3) is 5.82 Å². The number of hydrogen-bond donors (Lipinski definition) is 0. The Morgan fingerprint density at radius 1 is 1.59 bits per heavy atom. The third-order valence-corrected chi connectivity index (χ3v) is 2.25. The highest BCUT2D eigenvalue weighted by Crippen LogP contribution is 2.17. The number of nitro groups is 1. The maximum Gasteiger partial charge on any atom is 0.307 e. The standard InChI is InChI=1S/C10H7N5O2/c1-7-2-3-12-10(9(7)4-11)14-6-8(5-13-14)15(16)17/h2-3,5-6H,1H3. The van der Waals surface area contributed by atoms with Gasteiger partial charge < -0.3 is 0 Å². The molecule has 0 bridgehead atoms. The Bertz CT molecular complexity index is 626. The van der Waals surface area contributed by atoms with E-state index in [4.69, 9.17) is 5.26 Å². The minimum atomic E-state index is -0.550. The molecule has 0 saturated heterocycles. The molecule has 2 aromatic heterocycles. The van der Waals surface area contributed by atoms with Gasteiger partial charge in [0.2, 0.25) is 0 Å². The van der Waals surface area contributed by atoms with Crippen molar-refractivity contribution >= 4 is 5.69 Å². The maximum atomic E-state index is 10.5. The topological polar surface area (TPSA) is 97.6 Å². The molecule has 2 rings (SSSR count). The van der Waals surface area contributed by atoms with Crippen LogP contribution in [0.4, 0.5) is 5.69 Å². The Labute approximate surface area is 96.1 Å². The predicted octanol–water partition coefficient (Wildman–Crippen LogP) is 1.36. The van der Waals surface area contributed by atoms with Gasteiger partial charge in [-0.2, -0.15) is 10.4 Å². The van der Waals surface area contributed by atoms with Crippen LogP contribution in [-0.2, 0) is 0 Å². The Morgan fingerprint density at radius 3 is 2.94 bits per heavy atom. The first-order chi connectivity index (χ1) is 8.13. The van der Waals surface area contributed by atoms with Gasteiger partial charge in [-0.15, -0.1) is 0 Å². The van der Waals surface area contributed by atoms with Crippen LogP contribution in [0.5, 0.6) is 0 Å². The SMILES string of the molecule is Cc1ccnc(-n2cc([N+](=O)[O-])cn2)c1C#N. The molecule has 0 spiro atoms. The lowest BCUT2D eigenvalue weighted by atomic mass is 10.1. The van der Waals surface area contributed by atoms with Crippen LogP contribution >= 0.6 is 0 Å². The first-order valence-corrected chi connectivity index (χ1v) is 4.68. The van der Waals surface area contributed by atoms with Gasteiger partial charge in [-0.1, -0.05) is 0 Å².